The van der Waals surface area contributed by atoms with Crippen LogP contribution in [-0.4, -0.2) is 37.7 Å². The summed E-state index contributed by atoms with van der Waals surface area (Å²) in [5.74, 6) is -0.463. The van der Waals surface area contributed by atoms with Gasteiger partial charge in [0.2, 0.25) is 0 Å². The van der Waals surface area contributed by atoms with Crippen molar-refractivity contribution in [1.82, 2.24) is 10.3 Å². The van der Waals surface area contributed by atoms with E-state index in [1.54, 1.807) is 7.11 Å². The third kappa shape index (κ3) is 5.67. The third-order valence-corrected chi connectivity index (χ3v) is 3.15. The molecule has 0 bridgehead atoms. The Bertz CT molecular complexity index is 478. The molecule has 1 aromatic heterocycles. The zero-order chi connectivity index (χ0) is 15.9. The first kappa shape index (κ1) is 17.4. The van der Waals surface area contributed by atoms with Crippen molar-refractivity contribution in [2.24, 2.45) is 5.41 Å². The highest BCUT2D eigenvalue weighted by molar-refractivity contribution is 5.98. The number of carbonyl (C=O) groups excluding carboxylic acids is 1. The first-order valence-corrected chi connectivity index (χ1v) is 7.06. The average Bonchev–Trinajstić information content (AvgIpc) is 2.45. The van der Waals surface area contributed by atoms with Crippen LogP contribution in [0.2, 0.25) is 0 Å². The standard InChI is InChI=1S/C15H24FN3O2/c1-5-17-13-12(8-11(16)9-18-13)14(20)19-10-15(2,3)6-7-21-4/h8-9H,5-7,10H2,1-4H3,(H,17,18)(H,19,20). The SMILES string of the molecule is CCNc1ncc(F)cc1C(=O)NCC(C)(C)CCOC. The second kappa shape index (κ2) is 7.93. The molecule has 2 N–H and O–H groups in total. The number of ether oxygens (including phenoxy) is 1. The Morgan fingerprint density at radius 3 is 2.81 bits per heavy atom. The number of nitrogens with zero attached hydrogens (tertiary/aromatic N) is 1. The fourth-order valence-corrected chi connectivity index (χ4v) is 1.80. The van der Waals surface area contributed by atoms with Gasteiger partial charge in [-0.2, -0.15) is 0 Å². The van der Waals surface area contributed by atoms with Crippen molar-refractivity contribution in [2.45, 2.75) is 27.2 Å². The number of aromatic nitrogens is 1. The highest BCUT2D eigenvalue weighted by Gasteiger charge is 2.20. The van der Waals surface area contributed by atoms with Crippen LogP contribution in [0.1, 0.15) is 37.6 Å². The van der Waals surface area contributed by atoms with Gasteiger partial charge in [-0.05, 0) is 24.8 Å². The van der Waals surface area contributed by atoms with Gasteiger partial charge in [-0.1, -0.05) is 13.8 Å². The number of hydrogen-bond acceptors (Lipinski definition) is 4. The van der Waals surface area contributed by atoms with Crippen LogP contribution >= 0.6 is 0 Å². The quantitative estimate of drug-likeness (QED) is 0.773. The maximum atomic E-state index is 13.3. The molecule has 0 aliphatic rings. The molecular weight excluding hydrogens is 273 g/mol. The lowest BCUT2D eigenvalue weighted by atomic mass is 9.89. The number of rotatable bonds is 8. The zero-order valence-electron chi connectivity index (χ0n) is 13.1. The molecule has 0 saturated heterocycles. The lowest BCUT2D eigenvalue weighted by Crippen LogP contribution is -2.35. The minimum Gasteiger partial charge on any atom is -0.385 e. The summed E-state index contributed by atoms with van der Waals surface area (Å²) in [5.41, 5.74) is 0.129. The van der Waals surface area contributed by atoms with Crippen molar-refractivity contribution < 1.29 is 13.9 Å². The minimum atomic E-state index is -0.527. The Morgan fingerprint density at radius 1 is 1.48 bits per heavy atom. The van der Waals surface area contributed by atoms with Crippen molar-refractivity contribution in [3.63, 3.8) is 0 Å². The van der Waals surface area contributed by atoms with Gasteiger partial charge < -0.3 is 15.4 Å². The summed E-state index contributed by atoms with van der Waals surface area (Å²) in [6, 6.07) is 1.20. The smallest absolute Gasteiger partial charge is 0.255 e. The summed E-state index contributed by atoms with van der Waals surface area (Å²) in [6.45, 7) is 7.70. The Kier molecular flexibility index (Phi) is 6.55. The van der Waals surface area contributed by atoms with Crippen LogP contribution in [0.5, 0.6) is 0 Å². The number of amides is 1. The van der Waals surface area contributed by atoms with Crippen LogP contribution < -0.4 is 10.6 Å². The molecule has 0 saturated carbocycles. The molecule has 0 aromatic carbocycles. The molecule has 1 rings (SSSR count). The predicted molar refractivity (Wildman–Crippen MR) is 81.0 cm³/mol. The van der Waals surface area contributed by atoms with Gasteiger partial charge in [0, 0.05) is 26.8 Å². The van der Waals surface area contributed by atoms with E-state index >= 15 is 0 Å². The number of hydrogen-bond donors (Lipinski definition) is 2. The summed E-state index contributed by atoms with van der Waals surface area (Å²) in [4.78, 5) is 16.1. The van der Waals surface area contributed by atoms with Gasteiger partial charge in [-0.25, -0.2) is 9.37 Å². The molecule has 6 heteroatoms. The zero-order valence-corrected chi connectivity index (χ0v) is 13.1. The number of carbonyl (C=O) groups is 1. The van der Waals surface area contributed by atoms with E-state index in [0.717, 1.165) is 12.6 Å². The molecule has 5 nitrogen and oxygen atoms in total. The summed E-state index contributed by atoms with van der Waals surface area (Å²) >= 11 is 0. The van der Waals surface area contributed by atoms with E-state index in [-0.39, 0.29) is 16.9 Å². The molecule has 0 aliphatic heterocycles. The van der Waals surface area contributed by atoms with E-state index in [0.29, 0.717) is 25.5 Å². The number of nitrogens with one attached hydrogen (secondary N) is 2. The number of methoxy groups -OCH3 is 1. The fourth-order valence-electron chi connectivity index (χ4n) is 1.80. The van der Waals surface area contributed by atoms with Crippen molar-refractivity contribution in [2.75, 3.05) is 32.1 Å². The molecule has 0 radical (unpaired) electrons. The van der Waals surface area contributed by atoms with Crippen molar-refractivity contribution in [3.05, 3.63) is 23.6 Å². The summed E-state index contributed by atoms with van der Waals surface area (Å²) in [7, 11) is 1.65. The lowest BCUT2D eigenvalue weighted by Gasteiger charge is -2.24. The van der Waals surface area contributed by atoms with Gasteiger partial charge in [0.05, 0.1) is 11.8 Å². The van der Waals surface area contributed by atoms with Crippen LogP contribution in [0.15, 0.2) is 12.3 Å². The van der Waals surface area contributed by atoms with Crippen molar-refractivity contribution in [3.8, 4) is 0 Å². The molecular formula is C15H24FN3O2. The fraction of sp³-hybridized carbons (Fsp3) is 0.600. The molecule has 0 unspecified atom stereocenters. The number of pyridine rings is 1. The molecule has 1 heterocycles. The van der Waals surface area contributed by atoms with Gasteiger partial charge in [0.25, 0.3) is 5.91 Å². The second-order valence-electron chi connectivity index (χ2n) is 5.67. The largest absolute Gasteiger partial charge is 0.385 e. The molecule has 0 atom stereocenters. The molecule has 1 amide bonds. The van der Waals surface area contributed by atoms with Gasteiger partial charge in [-0.15, -0.1) is 0 Å². The maximum Gasteiger partial charge on any atom is 0.255 e. The molecule has 0 aliphatic carbocycles. The highest BCUT2D eigenvalue weighted by atomic mass is 19.1. The monoisotopic (exact) mass is 297 g/mol. The van der Waals surface area contributed by atoms with E-state index in [1.165, 1.54) is 6.07 Å². The Hall–Kier alpha value is -1.69. The predicted octanol–water partition coefficient (Wildman–Crippen LogP) is 2.45. The van der Waals surface area contributed by atoms with Gasteiger partial charge in [0.15, 0.2) is 0 Å². The topological polar surface area (TPSA) is 63.2 Å². The van der Waals surface area contributed by atoms with E-state index in [4.69, 9.17) is 4.74 Å². The second-order valence-corrected chi connectivity index (χ2v) is 5.67. The molecule has 21 heavy (non-hydrogen) atoms. The summed E-state index contributed by atoms with van der Waals surface area (Å²) < 4.78 is 18.4. The van der Waals surface area contributed by atoms with E-state index in [2.05, 4.69) is 15.6 Å². The van der Waals surface area contributed by atoms with Crippen LogP contribution in [0.25, 0.3) is 0 Å². The Balaban J connectivity index is 2.73. The van der Waals surface area contributed by atoms with Crippen LogP contribution in [0.3, 0.4) is 0 Å². The third-order valence-electron chi connectivity index (χ3n) is 3.15. The van der Waals surface area contributed by atoms with Crippen molar-refractivity contribution >= 4 is 11.7 Å². The van der Waals surface area contributed by atoms with E-state index in [9.17, 15) is 9.18 Å². The molecule has 0 fully saturated rings. The van der Waals surface area contributed by atoms with E-state index in [1.807, 2.05) is 20.8 Å². The first-order valence-electron chi connectivity index (χ1n) is 7.06. The summed E-state index contributed by atoms with van der Waals surface area (Å²) in [5, 5.41) is 5.79. The van der Waals surface area contributed by atoms with Gasteiger partial charge in [0.1, 0.15) is 11.6 Å². The van der Waals surface area contributed by atoms with Gasteiger partial charge >= 0.3 is 0 Å². The van der Waals surface area contributed by atoms with E-state index < -0.39 is 5.82 Å². The first-order chi connectivity index (χ1) is 9.89. The normalized spacial score (nSPS) is 11.3. The van der Waals surface area contributed by atoms with Crippen molar-refractivity contribution in [1.29, 1.82) is 0 Å². The average molecular weight is 297 g/mol. The minimum absolute atomic E-state index is 0.0925. The molecule has 1 aromatic rings. The molecule has 0 spiro atoms. The Morgan fingerprint density at radius 2 is 2.19 bits per heavy atom. The molecule has 118 valence electrons. The maximum absolute atomic E-state index is 13.3. The van der Waals surface area contributed by atoms with Gasteiger partial charge in [-0.3, -0.25) is 4.79 Å². The highest BCUT2D eigenvalue weighted by Crippen LogP contribution is 2.20. The van der Waals surface area contributed by atoms with Crippen LogP contribution in [0.4, 0.5) is 10.2 Å². The number of halogens is 1. The summed E-state index contributed by atoms with van der Waals surface area (Å²) in [6.07, 6.45) is 1.92. The number of anilines is 1. The Labute approximate surface area is 125 Å². The van der Waals surface area contributed by atoms with Crippen LogP contribution in [0, 0.1) is 11.2 Å². The van der Waals surface area contributed by atoms with Crippen LogP contribution in [-0.2, 0) is 4.74 Å². The lowest BCUT2D eigenvalue weighted by molar-refractivity contribution is 0.0921.